The maximum absolute atomic E-state index is 13.7. The monoisotopic (exact) mass is 206 g/mol. The van der Waals surface area contributed by atoms with Gasteiger partial charge in [0.05, 0.1) is 0 Å². The number of nitrogens with one attached hydrogen (secondary N) is 2. The van der Waals surface area contributed by atoms with Crippen molar-refractivity contribution in [3.8, 4) is 0 Å². The van der Waals surface area contributed by atoms with Crippen molar-refractivity contribution < 1.29 is 23.8 Å². The molecule has 0 radical (unpaired) electrons. The second-order valence-corrected chi connectivity index (χ2v) is 2.96. The molecule has 1 fully saturated rings. The van der Waals surface area contributed by atoms with Crippen molar-refractivity contribution in [1.29, 1.82) is 0 Å². The lowest BCUT2D eigenvalue weighted by Crippen LogP contribution is -2.65. The molecule has 1 saturated heterocycles. The molecule has 0 aliphatic carbocycles. The summed E-state index contributed by atoms with van der Waals surface area (Å²) in [5.41, 5.74) is -2.62. The highest BCUT2D eigenvalue weighted by Gasteiger charge is 2.50. The van der Waals surface area contributed by atoms with Crippen molar-refractivity contribution >= 4 is 11.9 Å². The molecule has 1 rings (SSSR count). The molecule has 3 N–H and O–H groups in total. The lowest BCUT2D eigenvalue weighted by Gasteiger charge is -2.34. The minimum absolute atomic E-state index is 0.191. The molecule has 1 aliphatic rings. The molecule has 0 bridgehead atoms. The van der Waals surface area contributed by atoms with Gasteiger partial charge in [0.2, 0.25) is 6.23 Å². The van der Waals surface area contributed by atoms with E-state index in [2.05, 4.69) is 15.4 Å². The Morgan fingerprint density at radius 1 is 1.64 bits per heavy atom. The van der Waals surface area contributed by atoms with Gasteiger partial charge in [-0.05, 0) is 0 Å². The molecular formula is C7H11FN2O4. The highest BCUT2D eigenvalue weighted by molar-refractivity contribution is 5.79. The Bertz CT molecular complexity index is 260. The van der Waals surface area contributed by atoms with E-state index in [1.807, 2.05) is 0 Å². The molecule has 7 heteroatoms. The van der Waals surface area contributed by atoms with E-state index >= 15 is 0 Å². The number of aliphatic carboxylic acids is 1. The summed E-state index contributed by atoms with van der Waals surface area (Å²) in [5.74, 6) is -2.39. The summed E-state index contributed by atoms with van der Waals surface area (Å²) in [5, 5.41) is 13.5. The van der Waals surface area contributed by atoms with E-state index in [0.29, 0.717) is 0 Å². The van der Waals surface area contributed by atoms with Gasteiger partial charge < -0.3 is 15.2 Å². The zero-order valence-corrected chi connectivity index (χ0v) is 7.54. The van der Waals surface area contributed by atoms with Crippen molar-refractivity contribution in [2.75, 3.05) is 13.2 Å². The molecule has 14 heavy (non-hydrogen) atoms. The van der Waals surface area contributed by atoms with Crippen molar-refractivity contribution in [1.82, 2.24) is 10.6 Å². The minimum atomic E-state index is -2.62. The molecule has 1 aliphatic heterocycles. The van der Waals surface area contributed by atoms with Crippen LogP contribution in [0.2, 0.25) is 0 Å². The lowest BCUT2D eigenvalue weighted by atomic mass is 10.0. The van der Waals surface area contributed by atoms with Gasteiger partial charge >= 0.3 is 11.9 Å². The van der Waals surface area contributed by atoms with E-state index in [0.717, 1.165) is 6.92 Å². The molecule has 0 aromatic rings. The molecule has 0 saturated carbocycles. The lowest BCUT2D eigenvalue weighted by molar-refractivity contribution is -0.176. The first-order valence-electron chi connectivity index (χ1n) is 4.00. The molecule has 0 aromatic heterocycles. The summed E-state index contributed by atoms with van der Waals surface area (Å²) in [6.45, 7) is 0.885. The topological polar surface area (TPSA) is 87.7 Å². The summed E-state index contributed by atoms with van der Waals surface area (Å²) in [6.07, 6.45) is -1.45. The maximum Gasteiger partial charge on any atom is 0.348 e. The zero-order valence-electron chi connectivity index (χ0n) is 7.54. The average Bonchev–Trinajstić information content (AvgIpc) is 2.08. The third-order valence-corrected chi connectivity index (χ3v) is 1.85. The molecule has 2 atom stereocenters. The van der Waals surface area contributed by atoms with Crippen LogP contribution in [0.1, 0.15) is 6.92 Å². The standard InChI is InChI=1S/C7H11FN2O4/c1-4(11)14-5-7(8,6(12)13)2-9-3-10-5/h5,9-10H,2-3H2,1H3,(H,12,13). The van der Waals surface area contributed by atoms with E-state index in [1.54, 1.807) is 0 Å². The van der Waals surface area contributed by atoms with Crippen molar-refractivity contribution in [2.45, 2.75) is 18.8 Å². The maximum atomic E-state index is 13.7. The van der Waals surface area contributed by atoms with Crippen LogP contribution >= 0.6 is 0 Å². The first kappa shape index (κ1) is 10.9. The van der Waals surface area contributed by atoms with E-state index in [9.17, 15) is 14.0 Å². The molecule has 2 unspecified atom stereocenters. The van der Waals surface area contributed by atoms with E-state index in [-0.39, 0.29) is 6.67 Å². The minimum Gasteiger partial charge on any atom is -0.479 e. The van der Waals surface area contributed by atoms with E-state index in [4.69, 9.17) is 5.11 Å². The summed E-state index contributed by atoms with van der Waals surface area (Å²) in [7, 11) is 0. The smallest absolute Gasteiger partial charge is 0.348 e. The van der Waals surface area contributed by atoms with Crippen LogP contribution in [-0.4, -0.2) is 42.2 Å². The predicted octanol–water partition coefficient (Wildman–Crippen LogP) is -1.18. The number of carboxylic acid groups (broad SMARTS) is 1. The van der Waals surface area contributed by atoms with Gasteiger partial charge in [-0.1, -0.05) is 0 Å². The third-order valence-electron chi connectivity index (χ3n) is 1.85. The van der Waals surface area contributed by atoms with Gasteiger partial charge in [0, 0.05) is 20.1 Å². The summed E-state index contributed by atoms with van der Waals surface area (Å²) < 4.78 is 18.2. The van der Waals surface area contributed by atoms with Gasteiger partial charge in [-0.2, -0.15) is 0 Å². The molecule has 0 spiro atoms. The number of hydrogen-bond acceptors (Lipinski definition) is 5. The van der Waals surface area contributed by atoms with Crippen LogP contribution in [0, 0.1) is 0 Å². The van der Waals surface area contributed by atoms with Crippen LogP contribution in [0.4, 0.5) is 4.39 Å². The molecule has 0 aromatic carbocycles. The van der Waals surface area contributed by atoms with Gasteiger partial charge in [0.1, 0.15) is 0 Å². The highest BCUT2D eigenvalue weighted by Crippen LogP contribution is 2.19. The Labute approximate surface area is 79.4 Å². The number of carbonyl (C=O) groups excluding carboxylic acids is 1. The van der Waals surface area contributed by atoms with Crippen molar-refractivity contribution in [2.24, 2.45) is 0 Å². The van der Waals surface area contributed by atoms with Gasteiger partial charge in [-0.3, -0.25) is 10.1 Å². The summed E-state index contributed by atoms with van der Waals surface area (Å²) >= 11 is 0. The highest BCUT2D eigenvalue weighted by atomic mass is 19.1. The predicted molar refractivity (Wildman–Crippen MR) is 43.0 cm³/mol. The van der Waals surface area contributed by atoms with Crippen LogP contribution in [0.3, 0.4) is 0 Å². The molecule has 0 amide bonds. The number of hydrogen-bond donors (Lipinski definition) is 3. The second kappa shape index (κ2) is 3.89. The first-order valence-corrected chi connectivity index (χ1v) is 4.00. The van der Waals surface area contributed by atoms with Crippen LogP contribution < -0.4 is 10.6 Å². The van der Waals surface area contributed by atoms with Crippen LogP contribution in [-0.2, 0) is 14.3 Å². The number of carbonyl (C=O) groups is 2. The van der Waals surface area contributed by atoms with Crippen LogP contribution in [0.25, 0.3) is 0 Å². The van der Waals surface area contributed by atoms with Crippen LogP contribution in [0.15, 0.2) is 0 Å². The molecular weight excluding hydrogens is 195 g/mol. The number of alkyl halides is 1. The number of rotatable bonds is 2. The summed E-state index contributed by atoms with van der Waals surface area (Å²) in [6, 6.07) is 0. The Kier molecular flexibility index (Phi) is 3.02. The van der Waals surface area contributed by atoms with Gasteiger partial charge in [0.15, 0.2) is 0 Å². The van der Waals surface area contributed by atoms with Crippen LogP contribution in [0.5, 0.6) is 0 Å². The van der Waals surface area contributed by atoms with Gasteiger partial charge in [-0.25, -0.2) is 9.18 Å². The second-order valence-electron chi connectivity index (χ2n) is 2.96. The van der Waals surface area contributed by atoms with Gasteiger partial charge in [0.25, 0.3) is 5.67 Å². The number of carboxylic acids is 1. The molecule has 80 valence electrons. The van der Waals surface area contributed by atoms with Gasteiger partial charge in [-0.15, -0.1) is 0 Å². The number of ether oxygens (including phenoxy) is 1. The SMILES string of the molecule is CC(=O)OC1NCNCC1(F)C(=O)O. The number of halogens is 1. The Hall–Kier alpha value is -1.21. The largest absolute Gasteiger partial charge is 0.479 e. The Morgan fingerprint density at radius 2 is 2.29 bits per heavy atom. The normalized spacial score (nSPS) is 32.3. The molecule has 6 nitrogen and oxygen atoms in total. The fourth-order valence-electron chi connectivity index (χ4n) is 1.15. The average molecular weight is 206 g/mol. The fraction of sp³-hybridized carbons (Fsp3) is 0.714. The molecule has 1 heterocycles. The number of esters is 1. The Balaban J connectivity index is 2.77. The van der Waals surface area contributed by atoms with E-state index in [1.165, 1.54) is 0 Å². The van der Waals surface area contributed by atoms with Crippen molar-refractivity contribution in [3.63, 3.8) is 0 Å². The zero-order chi connectivity index (χ0) is 10.8. The van der Waals surface area contributed by atoms with Crippen molar-refractivity contribution in [3.05, 3.63) is 0 Å². The first-order chi connectivity index (χ1) is 6.47. The van der Waals surface area contributed by atoms with E-state index < -0.39 is 30.4 Å². The quantitative estimate of drug-likeness (QED) is 0.493. The summed E-state index contributed by atoms with van der Waals surface area (Å²) in [4.78, 5) is 21.2. The third kappa shape index (κ3) is 1.99. The Morgan fingerprint density at radius 3 is 2.79 bits per heavy atom. The fourth-order valence-corrected chi connectivity index (χ4v) is 1.15.